The normalized spacial score (nSPS) is 15.8. The topological polar surface area (TPSA) is 75.9 Å². The Bertz CT molecular complexity index is 1110. The lowest BCUT2D eigenvalue weighted by atomic mass is 10.0. The van der Waals surface area contributed by atoms with Gasteiger partial charge >= 0.3 is 6.09 Å². The lowest BCUT2D eigenvalue weighted by molar-refractivity contribution is -0.133. The van der Waals surface area contributed by atoms with Gasteiger partial charge in [-0.15, -0.1) is 0 Å². The summed E-state index contributed by atoms with van der Waals surface area (Å²) in [5.74, 6) is -0.0286. The zero-order valence-electron chi connectivity index (χ0n) is 21.4. The maximum Gasteiger partial charge on any atom is 0.410 e. The van der Waals surface area contributed by atoms with Crippen LogP contribution in [0.25, 0.3) is 0 Å². The van der Waals surface area contributed by atoms with Crippen molar-refractivity contribution in [3.05, 3.63) is 108 Å². The fourth-order valence-electron chi connectivity index (χ4n) is 4.85. The quantitative estimate of drug-likeness (QED) is 0.410. The molecule has 1 heterocycles. The zero-order chi connectivity index (χ0) is 25.9. The molecule has 0 saturated carbocycles. The maximum atomic E-state index is 13.3. The van der Waals surface area contributed by atoms with Crippen molar-refractivity contribution < 1.29 is 14.3 Å². The van der Waals surface area contributed by atoms with E-state index < -0.39 is 6.04 Å². The second-order valence-electron chi connectivity index (χ2n) is 9.68. The molecule has 4 rings (SSSR count). The van der Waals surface area contributed by atoms with Crippen molar-refractivity contribution in [2.45, 2.75) is 50.8 Å². The number of hydrogen-bond acceptors (Lipinski definition) is 4. The summed E-state index contributed by atoms with van der Waals surface area (Å²) in [6, 6.07) is 29.3. The molecule has 0 radical (unpaired) electrons. The van der Waals surface area contributed by atoms with E-state index in [-0.39, 0.29) is 24.6 Å². The number of carbonyl (C=O) groups is 2. The van der Waals surface area contributed by atoms with E-state index in [1.54, 1.807) is 4.90 Å². The van der Waals surface area contributed by atoms with E-state index in [4.69, 9.17) is 10.5 Å². The molecule has 37 heavy (non-hydrogen) atoms. The first kappa shape index (κ1) is 26.4. The van der Waals surface area contributed by atoms with E-state index in [1.807, 2.05) is 71.6 Å². The average molecular weight is 500 g/mol. The second-order valence-corrected chi connectivity index (χ2v) is 9.68. The van der Waals surface area contributed by atoms with Crippen LogP contribution in [0.4, 0.5) is 4.79 Å². The third-order valence-corrected chi connectivity index (χ3v) is 6.97. The monoisotopic (exact) mass is 499 g/mol. The minimum atomic E-state index is -0.552. The number of rotatable bonds is 11. The minimum absolute atomic E-state index is 0.0286. The van der Waals surface area contributed by atoms with Gasteiger partial charge in [0, 0.05) is 25.7 Å². The number of ether oxygens (including phenoxy) is 1. The van der Waals surface area contributed by atoms with Gasteiger partial charge < -0.3 is 20.3 Å². The first-order chi connectivity index (χ1) is 18.1. The van der Waals surface area contributed by atoms with E-state index in [2.05, 4.69) is 24.3 Å². The Morgan fingerprint density at radius 3 is 2.05 bits per heavy atom. The van der Waals surface area contributed by atoms with Crippen LogP contribution >= 0.6 is 0 Å². The van der Waals surface area contributed by atoms with E-state index in [1.165, 1.54) is 5.56 Å². The van der Waals surface area contributed by atoms with Gasteiger partial charge in [0.15, 0.2) is 0 Å². The van der Waals surface area contributed by atoms with Crippen LogP contribution in [0, 0.1) is 0 Å². The summed E-state index contributed by atoms with van der Waals surface area (Å²) >= 11 is 0. The molecule has 0 unspecified atom stereocenters. The molecular formula is C31H37N3O3. The lowest BCUT2D eigenvalue weighted by Crippen LogP contribution is -2.50. The Kier molecular flexibility index (Phi) is 9.72. The number of carbonyl (C=O) groups excluding carboxylic acids is 2. The third kappa shape index (κ3) is 7.92. The van der Waals surface area contributed by atoms with Crippen molar-refractivity contribution in [1.82, 2.24) is 9.80 Å². The molecular weight excluding hydrogens is 462 g/mol. The van der Waals surface area contributed by atoms with Crippen LogP contribution in [0.2, 0.25) is 0 Å². The van der Waals surface area contributed by atoms with Crippen LogP contribution < -0.4 is 5.73 Å². The zero-order valence-corrected chi connectivity index (χ0v) is 21.4. The van der Waals surface area contributed by atoms with Crippen molar-refractivity contribution >= 4 is 12.0 Å². The van der Waals surface area contributed by atoms with Gasteiger partial charge in [-0.3, -0.25) is 4.79 Å². The predicted octanol–water partition coefficient (Wildman–Crippen LogP) is 4.82. The minimum Gasteiger partial charge on any atom is -0.445 e. The molecule has 6 nitrogen and oxygen atoms in total. The van der Waals surface area contributed by atoms with Gasteiger partial charge in [-0.25, -0.2) is 4.79 Å². The molecule has 0 spiro atoms. The molecule has 0 aromatic heterocycles. The Labute approximate surface area is 220 Å². The molecule has 2 amide bonds. The highest BCUT2D eigenvalue weighted by Crippen LogP contribution is 2.21. The number of likely N-dealkylation sites (tertiary alicyclic amines) is 1. The maximum absolute atomic E-state index is 13.3. The van der Waals surface area contributed by atoms with Gasteiger partial charge in [0.25, 0.3) is 0 Å². The molecule has 0 bridgehead atoms. The summed E-state index contributed by atoms with van der Waals surface area (Å²) in [6.45, 7) is 1.86. The van der Waals surface area contributed by atoms with E-state index in [0.29, 0.717) is 26.1 Å². The van der Waals surface area contributed by atoms with Gasteiger partial charge in [-0.05, 0) is 48.8 Å². The van der Waals surface area contributed by atoms with E-state index in [0.717, 1.165) is 36.8 Å². The highest BCUT2D eigenvalue weighted by molar-refractivity contribution is 5.82. The molecule has 194 valence electrons. The number of aryl methyl sites for hydroxylation is 1. The SMILES string of the molecule is N[C@@H](CCc1ccccc1)C(=O)N1CCC[C@H]1CN(CCc1ccccc1)C(=O)OCc1ccccc1. The van der Waals surface area contributed by atoms with E-state index in [9.17, 15) is 9.59 Å². The Morgan fingerprint density at radius 2 is 1.43 bits per heavy atom. The van der Waals surface area contributed by atoms with Crippen LogP contribution in [0.15, 0.2) is 91.0 Å². The fourth-order valence-corrected chi connectivity index (χ4v) is 4.85. The van der Waals surface area contributed by atoms with Crippen LogP contribution in [-0.4, -0.2) is 53.5 Å². The van der Waals surface area contributed by atoms with Crippen molar-refractivity contribution in [3.63, 3.8) is 0 Å². The van der Waals surface area contributed by atoms with Crippen LogP contribution in [0.3, 0.4) is 0 Å². The number of amides is 2. The number of nitrogens with zero attached hydrogens (tertiary/aromatic N) is 2. The Balaban J connectivity index is 1.38. The van der Waals surface area contributed by atoms with Crippen molar-refractivity contribution in [1.29, 1.82) is 0 Å². The molecule has 1 aliphatic rings. The molecule has 0 aliphatic carbocycles. The fraction of sp³-hybridized carbons (Fsp3) is 0.355. The predicted molar refractivity (Wildman–Crippen MR) is 146 cm³/mol. The molecule has 2 atom stereocenters. The molecule has 3 aromatic carbocycles. The average Bonchev–Trinajstić information content (AvgIpc) is 3.42. The van der Waals surface area contributed by atoms with Crippen molar-refractivity contribution in [3.8, 4) is 0 Å². The highest BCUT2D eigenvalue weighted by Gasteiger charge is 2.34. The smallest absolute Gasteiger partial charge is 0.410 e. The largest absolute Gasteiger partial charge is 0.445 e. The van der Waals surface area contributed by atoms with Crippen LogP contribution in [0.1, 0.15) is 36.0 Å². The van der Waals surface area contributed by atoms with Crippen LogP contribution in [0.5, 0.6) is 0 Å². The second kappa shape index (κ2) is 13.6. The van der Waals surface area contributed by atoms with Gasteiger partial charge in [0.2, 0.25) is 5.91 Å². The van der Waals surface area contributed by atoms with Crippen molar-refractivity contribution in [2.75, 3.05) is 19.6 Å². The van der Waals surface area contributed by atoms with Crippen LogP contribution in [-0.2, 0) is 29.0 Å². The summed E-state index contributed by atoms with van der Waals surface area (Å²) in [4.78, 5) is 30.1. The molecule has 1 saturated heterocycles. The summed E-state index contributed by atoms with van der Waals surface area (Å²) in [6.07, 6.45) is 3.49. The molecule has 2 N–H and O–H groups in total. The molecule has 3 aromatic rings. The first-order valence-corrected chi connectivity index (χ1v) is 13.2. The van der Waals surface area contributed by atoms with Gasteiger partial charge in [-0.2, -0.15) is 0 Å². The number of nitrogens with two attached hydrogens (primary N) is 1. The summed E-state index contributed by atoms with van der Waals surface area (Å²) in [5, 5.41) is 0. The first-order valence-electron chi connectivity index (χ1n) is 13.2. The summed E-state index contributed by atoms with van der Waals surface area (Å²) in [7, 11) is 0. The summed E-state index contributed by atoms with van der Waals surface area (Å²) < 4.78 is 5.68. The van der Waals surface area contributed by atoms with Gasteiger partial charge in [-0.1, -0.05) is 91.0 Å². The number of benzene rings is 3. The molecule has 6 heteroatoms. The Morgan fingerprint density at radius 1 is 0.865 bits per heavy atom. The number of hydrogen-bond donors (Lipinski definition) is 1. The standard InChI is InChI=1S/C31H37N3O3/c32-29(19-18-25-11-4-1-5-12-25)30(35)34-21-10-17-28(34)23-33(22-20-26-13-6-2-7-14-26)31(36)37-24-27-15-8-3-9-16-27/h1-9,11-16,28-29H,10,17-24,32H2/t28-,29-/m0/s1. The van der Waals surface area contributed by atoms with E-state index >= 15 is 0 Å². The van der Waals surface area contributed by atoms with Crippen molar-refractivity contribution in [2.24, 2.45) is 5.73 Å². The van der Waals surface area contributed by atoms with Gasteiger partial charge in [0.05, 0.1) is 6.04 Å². The molecule has 1 aliphatic heterocycles. The summed E-state index contributed by atoms with van der Waals surface area (Å²) in [5.41, 5.74) is 9.63. The highest BCUT2D eigenvalue weighted by atomic mass is 16.6. The van der Waals surface area contributed by atoms with Gasteiger partial charge in [0.1, 0.15) is 6.61 Å². The third-order valence-electron chi connectivity index (χ3n) is 6.97. The lowest BCUT2D eigenvalue weighted by Gasteiger charge is -2.32. The molecule has 1 fully saturated rings. The Hall–Kier alpha value is -3.64.